The second-order valence-corrected chi connectivity index (χ2v) is 7.05. The molecule has 0 aliphatic carbocycles. The van der Waals surface area contributed by atoms with Crippen LogP contribution in [0.5, 0.6) is 0 Å². The summed E-state index contributed by atoms with van der Waals surface area (Å²) < 4.78 is 28.7. The van der Waals surface area contributed by atoms with Crippen LogP contribution in [0.3, 0.4) is 0 Å². The summed E-state index contributed by atoms with van der Waals surface area (Å²) in [5.41, 5.74) is 7.74. The van der Waals surface area contributed by atoms with Crippen LogP contribution in [0.2, 0.25) is 5.02 Å². The van der Waals surface area contributed by atoms with Crippen molar-refractivity contribution >= 4 is 38.2 Å². The Morgan fingerprint density at radius 3 is 2.67 bits per heavy atom. The summed E-state index contributed by atoms with van der Waals surface area (Å²) in [6, 6.07) is 9.61. The summed E-state index contributed by atoms with van der Waals surface area (Å²) >= 11 is 6.12. The van der Waals surface area contributed by atoms with Crippen molar-refractivity contribution in [1.82, 2.24) is 4.98 Å². The quantitative estimate of drug-likeness (QED) is 0.732. The monoisotopic (exact) mass is 322 g/mol. The standard InChI is InChI=1S/C14H11ClN2O3S/c1-21(18,19)8-5-6-12-11(7-8)17-14(20-12)13-9(15)3-2-4-10(13)16/h2-7H,16H2,1H3. The Balaban J connectivity index is 2.23. The third kappa shape index (κ3) is 2.48. The maximum atomic E-state index is 11.6. The molecule has 0 atom stereocenters. The van der Waals surface area contributed by atoms with Gasteiger partial charge in [0.15, 0.2) is 15.4 Å². The largest absolute Gasteiger partial charge is 0.436 e. The third-order valence-corrected chi connectivity index (χ3v) is 4.47. The molecule has 5 nitrogen and oxygen atoms in total. The molecule has 0 spiro atoms. The van der Waals surface area contributed by atoms with Crippen molar-refractivity contribution in [2.75, 3.05) is 12.0 Å². The van der Waals surface area contributed by atoms with E-state index in [9.17, 15) is 8.42 Å². The predicted molar refractivity (Wildman–Crippen MR) is 82.0 cm³/mol. The molecule has 0 radical (unpaired) electrons. The van der Waals surface area contributed by atoms with E-state index in [0.29, 0.717) is 27.4 Å². The molecular formula is C14H11ClN2O3S. The third-order valence-electron chi connectivity index (χ3n) is 3.05. The Morgan fingerprint density at radius 1 is 1.24 bits per heavy atom. The van der Waals surface area contributed by atoms with Crippen molar-refractivity contribution in [3.63, 3.8) is 0 Å². The molecular weight excluding hydrogens is 312 g/mol. The summed E-state index contributed by atoms with van der Waals surface area (Å²) in [6.07, 6.45) is 1.14. The topological polar surface area (TPSA) is 86.2 Å². The molecule has 0 aliphatic rings. The highest BCUT2D eigenvalue weighted by Gasteiger charge is 2.16. The Morgan fingerprint density at radius 2 is 2.00 bits per heavy atom. The van der Waals surface area contributed by atoms with Crippen LogP contribution < -0.4 is 5.73 Å². The molecule has 0 bridgehead atoms. The molecule has 0 unspecified atom stereocenters. The van der Waals surface area contributed by atoms with Gasteiger partial charge in [-0.05, 0) is 30.3 Å². The highest BCUT2D eigenvalue weighted by atomic mass is 35.5. The van der Waals surface area contributed by atoms with Gasteiger partial charge in [-0.2, -0.15) is 0 Å². The van der Waals surface area contributed by atoms with Gasteiger partial charge in [0.25, 0.3) is 0 Å². The summed E-state index contributed by atoms with van der Waals surface area (Å²) in [7, 11) is -3.30. The molecule has 21 heavy (non-hydrogen) atoms. The van der Waals surface area contributed by atoms with E-state index in [1.165, 1.54) is 12.1 Å². The van der Waals surface area contributed by atoms with Crippen molar-refractivity contribution in [3.05, 3.63) is 41.4 Å². The van der Waals surface area contributed by atoms with Gasteiger partial charge in [0.05, 0.1) is 15.5 Å². The van der Waals surface area contributed by atoms with Gasteiger partial charge < -0.3 is 10.2 Å². The minimum atomic E-state index is -3.30. The fourth-order valence-electron chi connectivity index (χ4n) is 2.01. The lowest BCUT2D eigenvalue weighted by molar-refractivity contribution is 0.602. The number of anilines is 1. The van der Waals surface area contributed by atoms with E-state index in [2.05, 4.69) is 4.98 Å². The lowest BCUT2D eigenvalue weighted by atomic mass is 10.2. The van der Waals surface area contributed by atoms with Crippen LogP contribution in [-0.2, 0) is 9.84 Å². The van der Waals surface area contributed by atoms with E-state index in [1.807, 2.05) is 0 Å². The van der Waals surface area contributed by atoms with Crippen LogP contribution >= 0.6 is 11.6 Å². The molecule has 1 aromatic heterocycles. The first-order chi connectivity index (χ1) is 9.86. The maximum absolute atomic E-state index is 11.6. The molecule has 7 heteroatoms. The molecule has 2 N–H and O–H groups in total. The van der Waals surface area contributed by atoms with Gasteiger partial charge >= 0.3 is 0 Å². The molecule has 108 valence electrons. The van der Waals surface area contributed by atoms with E-state index in [0.717, 1.165) is 6.26 Å². The van der Waals surface area contributed by atoms with Gasteiger partial charge in [0, 0.05) is 11.9 Å². The summed E-state index contributed by atoms with van der Waals surface area (Å²) in [6.45, 7) is 0. The number of hydrogen-bond acceptors (Lipinski definition) is 5. The SMILES string of the molecule is CS(=O)(=O)c1ccc2oc(-c3c(N)cccc3Cl)nc2c1. The van der Waals surface area contributed by atoms with Crippen molar-refractivity contribution in [1.29, 1.82) is 0 Å². The number of halogens is 1. The molecule has 0 aliphatic heterocycles. The van der Waals surface area contributed by atoms with Gasteiger partial charge in [-0.15, -0.1) is 0 Å². The van der Waals surface area contributed by atoms with Gasteiger partial charge in [0.2, 0.25) is 5.89 Å². The number of oxazole rings is 1. The minimum absolute atomic E-state index is 0.182. The van der Waals surface area contributed by atoms with Gasteiger partial charge in [0.1, 0.15) is 5.52 Å². The average molecular weight is 323 g/mol. The van der Waals surface area contributed by atoms with E-state index >= 15 is 0 Å². The lowest BCUT2D eigenvalue weighted by Crippen LogP contribution is -1.96. The van der Waals surface area contributed by atoms with Crippen LogP contribution in [0.15, 0.2) is 45.7 Å². The molecule has 0 saturated heterocycles. The fourth-order valence-corrected chi connectivity index (χ4v) is 2.91. The lowest BCUT2D eigenvalue weighted by Gasteiger charge is -2.02. The number of sulfone groups is 1. The molecule has 0 saturated carbocycles. The molecule has 0 fully saturated rings. The van der Waals surface area contributed by atoms with Crippen LogP contribution in [0.25, 0.3) is 22.6 Å². The van der Waals surface area contributed by atoms with Crippen molar-refractivity contribution in [2.45, 2.75) is 4.90 Å². The molecule has 0 amide bonds. The first-order valence-corrected chi connectivity index (χ1v) is 8.28. The average Bonchev–Trinajstić information content (AvgIpc) is 2.79. The van der Waals surface area contributed by atoms with Gasteiger partial charge in [-0.1, -0.05) is 17.7 Å². The van der Waals surface area contributed by atoms with Crippen LogP contribution in [0.4, 0.5) is 5.69 Å². The van der Waals surface area contributed by atoms with Crippen molar-refractivity contribution < 1.29 is 12.8 Å². The highest BCUT2D eigenvalue weighted by Crippen LogP contribution is 2.34. The zero-order chi connectivity index (χ0) is 15.2. The van der Waals surface area contributed by atoms with Crippen molar-refractivity contribution in [2.24, 2.45) is 0 Å². The summed E-state index contributed by atoms with van der Waals surface area (Å²) in [4.78, 5) is 4.47. The van der Waals surface area contributed by atoms with Crippen LogP contribution in [0.1, 0.15) is 0 Å². The van der Waals surface area contributed by atoms with E-state index < -0.39 is 9.84 Å². The van der Waals surface area contributed by atoms with Gasteiger partial charge in [-0.3, -0.25) is 0 Å². The Kier molecular flexibility index (Phi) is 3.15. The van der Waals surface area contributed by atoms with Crippen molar-refractivity contribution in [3.8, 4) is 11.5 Å². The first kappa shape index (κ1) is 13.9. The van der Waals surface area contributed by atoms with Gasteiger partial charge in [-0.25, -0.2) is 13.4 Å². The number of nitrogen functional groups attached to an aromatic ring is 1. The highest BCUT2D eigenvalue weighted by molar-refractivity contribution is 7.90. The number of nitrogens with zero attached hydrogens (tertiary/aromatic N) is 1. The zero-order valence-electron chi connectivity index (χ0n) is 11.0. The fraction of sp³-hybridized carbons (Fsp3) is 0.0714. The smallest absolute Gasteiger partial charge is 0.230 e. The number of nitrogens with two attached hydrogens (primary N) is 1. The number of benzene rings is 2. The predicted octanol–water partition coefficient (Wildman–Crippen LogP) is 3.13. The second kappa shape index (κ2) is 4.75. The number of aromatic nitrogens is 1. The Hall–Kier alpha value is -2.05. The molecule has 3 rings (SSSR count). The summed E-state index contributed by atoms with van der Waals surface area (Å²) in [5.74, 6) is 0.263. The zero-order valence-corrected chi connectivity index (χ0v) is 12.6. The van der Waals surface area contributed by atoms with Crippen LogP contribution in [0, 0.1) is 0 Å². The number of fused-ring (bicyclic) bond motifs is 1. The molecule has 2 aromatic carbocycles. The maximum Gasteiger partial charge on any atom is 0.230 e. The molecule has 3 aromatic rings. The number of hydrogen-bond donors (Lipinski definition) is 1. The second-order valence-electron chi connectivity index (χ2n) is 4.62. The van der Waals surface area contributed by atoms with E-state index in [-0.39, 0.29) is 10.8 Å². The minimum Gasteiger partial charge on any atom is -0.436 e. The van der Waals surface area contributed by atoms with E-state index in [1.54, 1.807) is 24.3 Å². The van der Waals surface area contributed by atoms with E-state index in [4.69, 9.17) is 21.8 Å². The Bertz CT molecular complexity index is 928. The summed E-state index contributed by atoms with van der Waals surface area (Å²) in [5, 5.41) is 0.421. The Labute approximate surface area is 126 Å². The first-order valence-electron chi connectivity index (χ1n) is 6.01. The number of rotatable bonds is 2. The molecule has 1 heterocycles. The van der Waals surface area contributed by atoms with Crippen LogP contribution in [-0.4, -0.2) is 19.7 Å². The normalized spacial score (nSPS) is 11.9.